The minimum atomic E-state index is -0.528. The van der Waals surface area contributed by atoms with Crippen LogP contribution in [0.25, 0.3) is 0 Å². The highest BCUT2D eigenvalue weighted by molar-refractivity contribution is 6.31. The van der Waals surface area contributed by atoms with E-state index in [-0.39, 0.29) is 6.04 Å². The van der Waals surface area contributed by atoms with Gasteiger partial charge in [-0.25, -0.2) is 0 Å². The quantitative estimate of drug-likeness (QED) is 0.777. The van der Waals surface area contributed by atoms with Gasteiger partial charge in [-0.1, -0.05) is 29.8 Å². The van der Waals surface area contributed by atoms with E-state index < -0.39 is 6.10 Å². The number of hydrogen-bond acceptors (Lipinski definition) is 2. The second-order valence-corrected chi connectivity index (χ2v) is 3.63. The van der Waals surface area contributed by atoms with Crippen molar-refractivity contribution in [2.75, 3.05) is 0 Å². The van der Waals surface area contributed by atoms with Gasteiger partial charge in [-0.05, 0) is 18.6 Å². The van der Waals surface area contributed by atoms with Crippen molar-refractivity contribution in [2.24, 2.45) is 5.73 Å². The number of rotatable bonds is 3. The molecule has 0 aliphatic rings. The molecular weight excluding hydrogens is 186 g/mol. The third-order valence-electron chi connectivity index (χ3n) is 1.99. The van der Waals surface area contributed by atoms with Crippen molar-refractivity contribution >= 4 is 11.6 Å². The lowest BCUT2D eigenvalue weighted by molar-refractivity contribution is 0.151. The molecule has 0 saturated heterocycles. The molecule has 0 saturated carbocycles. The predicted octanol–water partition coefficient (Wildman–Crippen LogP) is 1.59. The maximum Gasteiger partial charge on any atom is 0.0729 e. The molecule has 0 aromatic heterocycles. The second-order valence-electron chi connectivity index (χ2n) is 3.22. The van der Waals surface area contributed by atoms with Gasteiger partial charge in [0.15, 0.2) is 0 Å². The minimum Gasteiger partial charge on any atom is -0.391 e. The van der Waals surface area contributed by atoms with E-state index in [1.54, 1.807) is 6.92 Å². The van der Waals surface area contributed by atoms with Gasteiger partial charge in [-0.2, -0.15) is 0 Å². The molecule has 3 heteroatoms. The molecule has 0 heterocycles. The fourth-order valence-electron chi connectivity index (χ4n) is 1.08. The van der Waals surface area contributed by atoms with Crippen molar-refractivity contribution < 1.29 is 5.11 Å². The Bertz CT molecular complexity index is 275. The van der Waals surface area contributed by atoms with Crippen molar-refractivity contribution in [3.05, 3.63) is 34.9 Å². The Kier molecular flexibility index (Phi) is 3.72. The molecule has 0 unspecified atom stereocenters. The van der Waals surface area contributed by atoms with E-state index in [0.29, 0.717) is 11.4 Å². The molecule has 2 atom stereocenters. The molecule has 0 fully saturated rings. The first kappa shape index (κ1) is 10.5. The summed E-state index contributed by atoms with van der Waals surface area (Å²) in [7, 11) is 0. The Balaban J connectivity index is 2.69. The maximum atomic E-state index is 9.52. The molecular formula is C10H14ClNO. The molecule has 0 spiro atoms. The number of benzene rings is 1. The molecule has 1 rings (SSSR count). The molecule has 0 aliphatic heterocycles. The van der Waals surface area contributed by atoms with Crippen LogP contribution in [0, 0.1) is 0 Å². The van der Waals surface area contributed by atoms with E-state index in [9.17, 15) is 5.11 Å². The fourth-order valence-corrected chi connectivity index (χ4v) is 1.29. The van der Waals surface area contributed by atoms with Gasteiger partial charge in [-0.3, -0.25) is 0 Å². The van der Waals surface area contributed by atoms with Crippen molar-refractivity contribution in [2.45, 2.75) is 25.5 Å². The Hall–Kier alpha value is -0.570. The van der Waals surface area contributed by atoms with Gasteiger partial charge >= 0.3 is 0 Å². The number of aliphatic hydroxyl groups excluding tert-OH is 1. The summed E-state index contributed by atoms with van der Waals surface area (Å²) >= 11 is 5.92. The highest BCUT2D eigenvalue weighted by Gasteiger charge is 2.11. The lowest BCUT2D eigenvalue weighted by Crippen LogP contribution is -2.33. The zero-order valence-corrected chi connectivity index (χ0v) is 8.33. The van der Waals surface area contributed by atoms with Crippen LogP contribution >= 0.6 is 11.6 Å². The maximum absolute atomic E-state index is 9.52. The van der Waals surface area contributed by atoms with E-state index in [0.717, 1.165) is 5.56 Å². The van der Waals surface area contributed by atoms with Gasteiger partial charge in [0.25, 0.3) is 0 Å². The van der Waals surface area contributed by atoms with Gasteiger partial charge in [0.2, 0.25) is 0 Å². The van der Waals surface area contributed by atoms with Crippen LogP contribution in [0.5, 0.6) is 0 Å². The summed E-state index contributed by atoms with van der Waals surface area (Å²) in [5.41, 5.74) is 6.48. The van der Waals surface area contributed by atoms with Crippen LogP contribution in [0.4, 0.5) is 0 Å². The van der Waals surface area contributed by atoms with Crippen LogP contribution in [0.2, 0.25) is 5.02 Å². The third kappa shape index (κ3) is 2.99. The van der Waals surface area contributed by atoms with Crippen molar-refractivity contribution in [3.63, 3.8) is 0 Å². The predicted molar refractivity (Wildman–Crippen MR) is 54.8 cm³/mol. The van der Waals surface area contributed by atoms with E-state index in [1.165, 1.54) is 0 Å². The van der Waals surface area contributed by atoms with Crippen LogP contribution in [0.3, 0.4) is 0 Å². The molecule has 1 aromatic carbocycles. The molecule has 0 amide bonds. The zero-order valence-electron chi connectivity index (χ0n) is 7.57. The topological polar surface area (TPSA) is 46.2 Å². The minimum absolute atomic E-state index is 0.226. The number of hydrogen-bond donors (Lipinski definition) is 2. The molecule has 72 valence electrons. The SMILES string of the molecule is C[C@H](N)[C@H](O)Cc1ccccc1Cl. The number of nitrogens with two attached hydrogens (primary N) is 1. The van der Waals surface area contributed by atoms with E-state index in [4.69, 9.17) is 17.3 Å². The summed E-state index contributed by atoms with van der Waals surface area (Å²) in [5.74, 6) is 0. The second kappa shape index (κ2) is 4.61. The summed E-state index contributed by atoms with van der Waals surface area (Å²) in [4.78, 5) is 0. The van der Waals surface area contributed by atoms with Crippen molar-refractivity contribution in [1.29, 1.82) is 0 Å². The lowest BCUT2D eigenvalue weighted by atomic mass is 10.0. The first-order chi connectivity index (χ1) is 6.11. The zero-order chi connectivity index (χ0) is 9.84. The van der Waals surface area contributed by atoms with Crippen LogP contribution in [-0.4, -0.2) is 17.3 Å². The molecule has 2 nitrogen and oxygen atoms in total. The average molecular weight is 200 g/mol. The van der Waals surface area contributed by atoms with Gasteiger partial charge < -0.3 is 10.8 Å². The van der Waals surface area contributed by atoms with Crippen molar-refractivity contribution in [1.82, 2.24) is 0 Å². The monoisotopic (exact) mass is 199 g/mol. The molecule has 1 aromatic rings. The van der Waals surface area contributed by atoms with E-state index >= 15 is 0 Å². The van der Waals surface area contributed by atoms with Crippen LogP contribution in [0.15, 0.2) is 24.3 Å². The average Bonchev–Trinajstić information content (AvgIpc) is 2.08. The lowest BCUT2D eigenvalue weighted by Gasteiger charge is -2.14. The van der Waals surface area contributed by atoms with Gasteiger partial charge in [0.05, 0.1) is 6.10 Å². The fraction of sp³-hybridized carbons (Fsp3) is 0.400. The Morgan fingerprint density at radius 2 is 2.08 bits per heavy atom. The first-order valence-corrected chi connectivity index (χ1v) is 4.66. The van der Waals surface area contributed by atoms with Gasteiger partial charge in [0.1, 0.15) is 0 Å². The number of aliphatic hydroxyl groups is 1. The molecule has 0 aliphatic carbocycles. The molecule has 0 bridgehead atoms. The number of halogens is 1. The summed E-state index contributed by atoms with van der Waals surface area (Å²) in [5, 5.41) is 10.2. The van der Waals surface area contributed by atoms with Crippen LogP contribution in [-0.2, 0) is 6.42 Å². The smallest absolute Gasteiger partial charge is 0.0729 e. The first-order valence-electron chi connectivity index (χ1n) is 4.28. The van der Waals surface area contributed by atoms with Gasteiger partial charge in [-0.15, -0.1) is 0 Å². The highest BCUT2D eigenvalue weighted by Crippen LogP contribution is 2.17. The summed E-state index contributed by atoms with van der Waals surface area (Å²) in [6.07, 6.45) is -0.0166. The molecule has 0 radical (unpaired) electrons. The summed E-state index contributed by atoms with van der Waals surface area (Å²) in [6, 6.07) is 7.24. The van der Waals surface area contributed by atoms with Gasteiger partial charge in [0, 0.05) is 17.5 Å². The van der Waals surface area contributed by atoms with Crippen LogP contribution < -0.4 is 5.73 Å². The van der Waals surface area contributed by atoms with Crippen LogP contribution in [0.1, 0.15) is 12.5 Å². The van der Waals surface area contributed by atoms with Crippen molar-refractivity contribution in [3.8, 4) is 0 Å². The summed E-state index contributed by atoms with van der Waals surface area (Å²) in [6.45, 7) is 1.78. The molecule has 13 heavy (non-hydrogen) atoms. The normalized spacial score (nSPS) is 15.4. The van der Waals surface area contributed by atoms with E-state index in [2.05, 4.69) is 0 Å². The summed E-state index contributed by atoms with van der Waals surface area (Å²) < 4.78 is 0. The largest absolute Gasteiger partial charge is 0.391 e. The Morgan fingerprint density at radius 1 is 1.46 bits per heavy atom. The third-order valence-corrected chi connectivity index (χ3v) is 2.36. The highest BCUT2D eigenvalue weighted by atomic mass is 35.5. The molecule has 3 N–H and O–H groups in total. The van der Waals surface area contributed by atoms with E-state index in [1.807, 2.05) is 24.3 Å². The Labute approximate surface area is 83.3 Å². The Morgan fingerprint density at radius 3 is 2.62 bits per heavy atom. The standard InChI is InChI=1S/C10H14ClNO/c1-7(12)10(13)6-8-4-2-3-5-9(8)11/h2-5,7,10,13H,6,12H2,1H3/t7-,10+/m0/s1.